The molecule has 1 heterocycles. The van der Waals surface area contributed by atoms with E-state index in [1.54, 1.807) is 6.07 Å². The highest BCUT2D eigenvalue weighted by Gasteiger charge is 2.15. The van der Waals surface area contributed by atoms with Gasteiger partial charge in [0.25, 0.3) is 5.91 Å². The lowest BCUT2D eigenvalue weighted by Gasteiger charge is -2.30. The van der Waals surface area contributed by atoms with E-state index in [2.05, 4.69) is 10.2 Å². The van der Waals surface area contributed by atoms with E-state index in [9.17, 15) is 4.79 Å². The molecule has 1 aromatic carbocycles. The van der Waals surface area contributed by atoms with Crippen LogP contribution in [0.3, 0.4) is 0 Å². The fourth-order valence-corrected chi connectivity index (χ4v) is 2.13. The molecule has 1 aliphatic heterocycles. The molecule has 1 saturated heterocycles. The summed E-state index contributed by atoms with van der Waals surface area (Å²) in [5.74, 6) is -0.0675. The average Bonchev–Trinajstić information content (AvgIpc) is 2.45. The number of ether oxygens (including phenoxy) is 1. The highest BCUT2D eigenvalue weighted by atomic mass is 16.5. The lowest BCUT2D eigenvalue weighted by atomic mass is 10.1. The number of nitrogens with zero attached hydrogens (tertiary/aromatic N) is 1. The number of nitrogens with two attached hydrogens (primary N) is 1. The van der Waals surface area contributed by atoms with Crippen molar-refractivity contribution in [1.82, 2.24) is 5.32 Å². The van der Waals surface area contributed by atoms with Crippen molar-refractivity contribution in [3.05, 3.63) is 23.8 Å². The topological polar surface area (TPSA) is 67.6 Å². The number of hydrogen-bond acceptors (Lipinski definition) is 4. The smallest absolute Gasteiger partial charge is 0.251 e. The third kappa shape index (κ3) is 3.38. The number of anilines is 2. The number of carbonyl (C=O) groups is 1. The maximum Gasteiger partial charge on any atom is 0.251 e. The molecule has 1 aliphatic rings. The van der Waals surface area contributed by atoms with Gasteiger partial charge in [-0.1, -0.05) is 6.92 Å². The second-order valence-electron chi connectivity index (χ2n) is 4.63. The molecule has 104 valence electrons. The van der Waals surface area contributed by atoms with Gasteiger partial charge in [0, 0.05) is 25.2 Å². The Labute approximate surface area is 113 Å². The van der Waals surface area contributed by atoms with Crippen LogP contribution in [0.2, 0.25) is 0 Å². The second kappa shape index (κ2) is 6.43. The maximum atomic E-state index is 11.8. The Balaban J connectivity index is 2.10. The van der Waals surface area contributed by atoms with E-state index in [1.165, 1.54) is 0 Å². The molecule has 0 spiro atoms. The number of nitrogen functional groups attached to an aromatic ring is 1. The van der Waals surface area contributed by atoms with Crippen LogP contribution in [0, 0.1) is 0 Å². The zero-order valence-corrected chi connectivity index (χ0v) is 11.3. The molecule has 3 N–H and O–H groups in total. The average molecular weight is 263 g/mol. The van der Waals surface area contributed by atoms with Gasteiger partial charge in [0.1, 0.15) is 0 Å². The summed E-state index contributed by atoms with van der Waals surface area (Å²) in [7, 11) is 0. The van der Waals surface area contributed by atoms with Crippen molar-refractivity contribution in [1.29, 1.82) is 0 Å². The molecular weight excluding hydrogens is 242 g/mol. The molecule has 0 atom stereocenters. The molecule has 1 amide bonds. The van der Waals surface area contributed by atoms with Gasteiger partial charge in [0.15, 0.2) is 0 Å². The van der Waals surface area contributed by atoms with Crippen molar-refractivity contribution in [2.75, 3.05) is 43.5 Å². The van der Waals surface area contributed by atoms with Crippen LogP contribution in [0.15, 0.2) is 18.2 Å². The molecular formula is C14H21N3O2. The standard InChI is InChI=1S/C14H21N3O2/c1-2-5-16-14(18)11-3-4-13(12(15)10-11)17-6-8-19-9-7-17/h3-4,10H,2,5-9,15H2,1H3,(H,16,18). The van der Waals surface area contributed by atoms with Crippen LogP contribution in [0.1, 0.15) is 23.7 Å². The van der Waals surface area contributed by atoms with Gasteiger partial charge in [-0.2, -0.15) is 0 Å². The summed E-state index contributed by atoms with van der Waals surface area (Å²) >= 11 is 0. The van der Waals surface area contributed by atoms with Crippen LogP contribution in [0.5, 0.6) is 0 Å². The highest BCUT2D eigenvalue weighted by molar-refractivity contribution is 5.96. The molecule has 5 nitrogen and oxygen atoms in total. The van der Waals surface area contributed by atoms with Crippen molar-refractivity contribution in [2.45, 2.75) is 13.3 Å². The Hall–Kier alpha value is -1.75. The SMILES string of the molecule is CCCNC(=O)c1ccc(N2CCOCC2)c(N)c1. The fraction of sp³-hybridized carbons (Fsp3) is 0.500. The lowest BCUT2D eigenvalue weighted by Crippen LogP contribution is -2.36. The van der Waals surface area contributed by atoms with E-state index in [-0.39, 0.29) is 5.91 Å². The first-order chi connectivity index (χ1) is 9.22. The van der Waals surface area contributed by atoms with E-state index < -0.39 is 0 Å². The van der Waals surface area contributed by atoms with Crippen LogP contribution < -0.4 is 16.0 Å². The molecule has 1 aromatic rings. The van der Waals surface area contributed by atoms with E-state index in [1.807, 2.05) is 19.1 Å². The zero-order valence-electron chi connectivity index (χ0n) is 11.3. The normalized spacial score (nSPS) is 15.3. The van der Waals surface area contributed by atoms with Gasteiger partial charge >= 0.3 is 0 Å². The number of amides is 1. The Bertz CT molecular complexity index is 442. The summed E-state index contributed by atoms with van der Waals surface area (Å²) in [4.78, 5) is 14.0. The van der Waals surface area contributed by atoms with Gasteiger partial charge in [-0.05, 0) is 24.6 Å². The summed E-state index contributed by atoms with van der Waals surface area (Å²) in [5, 5.41) is 2.85. The van der Waals surface area contributed by atoms with Crippen molar-refractivity contribution >= 4 is 17.3 Å². The van der Waals surface area contributed by atoms with E-state index in [4.69, 9.17) is 10.5 Å². The number of rotatable bonds is 4. The highest BCUT2D eigenvalue weighted by Crippen LogP contribution is 2.25. The molecule has 0 unspecified atom stereocenters. The Morgan fingerprint density at radius 1 is 1.42 bits per heavy atom. The summed E-state index contributed by atoms with van der Waals surface area (Å²) in [6.07, 6.45) is 0.924. The van der Waals surface area contributed by atoms with Crippen LogP contribution in [-0.4, -0.2) is 38.8 Å². The molecule has 0 bridgehead atoms. The predicted molar refractivity (Wildman–Crippen MR) is 76.5 cm³/mol. The Morgan fingerprint density at radius 3 is 2.79 bits per heavy atom. The van der Waals surface area contributed by atoms with E-state index in [0.717, 1.165) is 38.4 Å². The lowest BCUT2D eigenvalue weighted by molar-refractivity contribution is 0.0953. The third-order valence-electron chi connectivity index (χ3n) is 3.18. The van der Waals surface area contributed by atoms with Crippen molar-refractivity contribution < 1.29 is 9.53 Å². The first-order valence-electron chi connectivity index (χ1n) is 6.72. The molecule has 1 fully saturated rings. The summed E-state index contributed by atoms with van der Waals surface area (Å²) in [6, 6.07) is 5.49. The van der Waals surface area contributed by atoms with Crippen LogP contribution in [-0.2, 0) is 4.74 Å². The minimum Gasteiger partial charge on any atom is -0.397 e. The Morgan fingerprint density at radius 2 is 2.16 bits per heavy atom. The summed E-state index contributed by atoms with van der Waals surface area (Å²) in [5.41, 5.74) is 8.30. The largest absolute Gasteiger partial charge is 0.397 e. The van der Waals surface area contributed by atoms with Gasteiger partial charge < -0.3 is 20.7 Å². The first-order valence-corrected chi connectivity index (χ1v) is 6.72. The zero-order chi connectivity index (χ0) is 13.7. The van der Waals surface area contributed by atoms with Gasteiger partial charge in [-0.25, -0.2) is 0 Å². The van der Waals surface area contributed by atoms with Gasteiger partial charge in [-0.15, -0.1) is 0 Å². The molecule has 2 rings (SSSR count). The Kier molecular flexibility index (Phi) is 4.63. The number of morpholine rings is 1. The molecule has 5 heteroatoms. The molecule has 0 aliphatic carbocycles. The summed E-state index contributed by atoms with van der Waals surface area (Å²) in [6.45, 7) is 5.83. The third-order valence-corrected chi connectivity index (χ3v) is 3.18. The van der Waals surface area contributed by atoms with Crippen molar-refractivity contribution in [2.24, 2.45) is 0 Å². The molecule has 0 aromatic heterocycles. The quantitative estimate of drug-likeness (QED) is 0.802. The van der Waals surface area contributed by atoms with Crippen LogP contribution >= 0.6 is 0 Å². The number of carbonyl (C=O) groups excluding carboxylic acids is 1. The van der Waals surface area contributed by atoms with Crippen molar-refractivity contribution in [3.63, 3.8) is 0 Å². The second-order valence-corrected chi connectivity index (χ2v) is 4.63. The first kappa shape index (κ1) is 13.7. The van der Waals surface area contributed by atoms with E-state index in [0.29, 0.717) is 17.8 Å². The molecule has 0 saturated carbocycles. The van der Waals surface area contributed by atoms with Crippen LogP contribution in [0.4, 0.5) is 11.4 Å². The monoisotopic (exact) mass is 263 g/mol. The molecule has 19 heavy (non-hydrogen) atoms. The van der Waals surface area contributed by atoms with Gasteiger partial charge in [0.05, 0.1) is 24.6 Å². The van der Waals surface area contributed by atoms with Crippen molar-refractivity contribution in [3.8, 4) is 0 Å². The maximum absolute atomic E-state index is 11.8. The predicted octanol–water partition coefficient (Wildman–Crippen LogP) is 1.25. The van der Waals surface area contributed by atoms with Gasteiger partial charge in [0.2, 0.25) is 0 Å². The number of hydrogen-bond donors (Lipinski definition) is 2. The number of nitrogens with one attached hydrogen (secondary N) is 1. The van der Waals surface area contributed by atoms with Crippen LogP contribution in [0.25, 0.3) is 0 Å². The number of benzene rings is 1. The minimum absolute atomic E-state index is 0.0675. The fourth-order valence-electron chi connectivity index (χ4n) is 2.13. The van der Waals surface area contributed by atoms with E-state index >= 15 is 0 Å². The summed E-state index contributed by atoms with van der Waals surface area (Å²) < 4.78 is 5.32. The molecule has 0 radical (unpaired) electrons. The van der Waals surface area contributed by atoms with Gasteiger partial charge in [-0.3, -0.25) is 4.79 Å². The minimum atomic E-state index is -0.0675.